The number of pyridine rings is 1. The lowest BCUT2D eigenvalue weighted by atomic mass is 9.98. The van der Waals surface area contributed by atoms with E-state index in [1.165, 1.54) is 52.0 Å². The smallest absolute Gasteiger partial charge is 0.0513 e. The third kappa shape index (κ3) is 2.85. The number of aromatic amines is 1. The molecule has 1 aliphatic heterocycles. The van der Waals surface area contributed by atoms with E-state index in [4.69, 9.17) is 0 Å². The maximum absolute atomic E-state index is 4.32. The molecule has 1 aromatic carbocycles. The minimum absolute atomic E-state index is 0.636. The zero-order valence-electron chi connectivity index (χ0n) is 14.2. The zero-order valence-corrected chi connectivity index (χ0v) is 15.1. The lowest BCUT2D eigenvalue weighted by molar-refractivity contribution is 0.310. The summed E-state index contributed by atoms with van der Waals surface area (Å²) in [6.07, 6.45) is 9.63. The van der Waals surface area contributed by atoms with E-state index >= 15 is 0 Å². The van der Waals surface area contributed by atoms with Crippen molar-refractivity contribution >= 4 is 22.7 Å². The summed E-state index contributed by atoms with van der Waals surface area (Å²) in [4.78, 5) is 11.8. The molecule has 24 heavy (non-hydrogen) atoms. The third-order valence-electron chi connectivity index (χ3n) is 5.17. The predicted molar refractivity (Wildman–Crippen MR) is 103 cm³/mol. The molecule has 4 heteroatoms. The first-order valence-electron chi connectivity index (χ1n) is 8.55. The molecule has 1 fully saturated rings. The number of rotatable bonds is 4. The van der Waals surface area contributed by atoms with Gasteiger partial charge in [0.2, 0.25) is 0 Å². The van der Waals surface area contributed by atoms with E-state index in [1.807, 2.05) is 18.5 Å². The Hall–Kier alpha value is -1.78. The second-order valence-electron chi connectivity index (χ2n) is 6.61. The quantitative estimate of drug-likeness (QED) is 0.707. The number of aromatic nitrogens is 2. The fourth-order valence-corrected chi connectivity index (χ4v) is 4.24. The minimum atomic E-state index is 0.636. The summed E-state index contributed by atoms with van der Waals surface area (Å²) in [7, 11) is 2.25. The normalized spacial score (nSPS) is 18.5. The van der Waals surface area contributed by atoms with Gasteiger partial charge >= 0.3 is 0 Å². The monoisotopic (exact) mass is 337 g/mol. The Morgan fingerprint density at radius 2 is 2.25 bits per heavy atom. The molecule has 3 heterocycles. The Bertz CT molecular complexity index is 841. The molecule has 0 radical (unpaired) electrons. The highest BCUT2D eigenvalue weighted by atomic mass is 32.2. The number of likely N-dealkylation sites (N-methyl/N-ethyl adjacent to an activating group) is 1. The van der Waals surface area contributed by atoms with Gasteiger partial charge in [0.05, 0.1) is 5.69 Å². The van der Waals surface area contributed by atoms with Crippen molar-refractivity contribution in [3.63, 3.8) is 0 Å². The van der Waals surface area contributed by atoms with E-state index in [2.05, 4.69) is 52.4 Å². The summed E-state index contributed by atoms with van der Waals surface area (Å²) in [5, 5.41) is 1.36. The van der Waals surface area contributed by atoms with E-state index in [0.717, 1.165) is 6.42 Å². The standard InChI is InChI=1S/C20H23N3S/c1-23-10-4-6-15(23)11-18-17-12-16(24-2)7-8-19(17)22-20(18)14-5-3-9-21-13-14/h3,5,7-9,12-13,15,22H,4,6,10-11H2,1-2H3/t15-/m1/s1. The number of nitrogens with one attached hydrogen (secondary N) is 1. The number of nitrogens with zero attached hydrogens (tertiary/aromatic N) is 2. The Labute approximate surface area is 147 Å². The highest BCUT2D eigenvalue weighted by Gasteiger charge is 2.24. The van der Waals surface area contributed by atoms with Crippen LogP contribution in [0.2, 0.25) is 0 Å². The number of likely N-dealkylation sites (tertiary alicyclic amines) is 1. The first kappa shape index (κ1) is 15.7. The van der Waals surface area contributed by atoms with Crippen LogP contribution < -0.4 is 0 Å². The average molecular weight is 337 g/mol. The summed E-state index contributed by atoms with van der Waals surface area (Å²) < 4.78 is 0. The van der Waals surface area contributed by atoms with Gasteiger partial charge in [-0.25, -0.2) is 0 Å². The van der Waals surface area contributed by atoms with Crippen molar-refractivity contribution in [2.45, 2.75) is 30.2 Å². The van der Waals surface area contributed by atoms with Gasteiger partial charge in [-0.1, -0.05) is 0 Å². The average Bonchev–Trinajstić information content (AvgIpc) is 3.19. The second kappa shape index (κ2) is 6.61. The van der Waals surface area contributed by atoms with Crippen LogP contribution in [0.5, 0.6) is 0 Å². The summed E-state index contributed by atoms with van der Waals surface area (Å²) in [5.74, 6) is 0. The number of H-pyrrole nitrogens is 1. The minimum Gasteiger partial charge on any atom is -0.354 e. The molecule has 4 rings (SSSR count). The Morgan fingerprint density at radius 3 is 2.96 bits per heavy atom. The molecule has 0 saturated carbocycles. The molecule has 124 valence electrons. The Kier molecular flexibility index (Phi) is 4.33. The molecule has 3 aromatic rings. The molecule has 1 N–H and O–H groups in total. The summed E-state index contributed by atoms with van der Waals surface area (Å²) in [5.41, 5.74) is 5.07. The van der Waals surface area contributed by atoms with Crippen molar-refractivity contribution in [1.82, 2.24) is 14.9 Å². The first-order valence-corrected chi connectivity index (χ1v) is 9.78. The lowest BCUT2D eigenvalue weighted by Gasteiger charge is -2.20. The van der Waals surface area contributed by atoms with Crippen LogP contribution in [0.15, 0.2) is 47.6 Å². The van der Waals surface area contributed by atoms with E-state index in [-0.39, 0.29) is 0 Å². The van der Waals surface area contributed by atoms with Gasteiger partial charge in [-0.15, -0.1) is 11.8 Å². The van der Waals surface area contributed by atoms with Crippen LogP contribution in [0.1, 0.15) is 18.4 Å². The Morgan fingerprint density at radius 1 is 1.33 bits per heavy atom. The highest BCUT2D eigenvalue weighted by Crippen LogP contribution is 2.34. The van der Waals surface area contributed by atoms with E-state index in [9.17, 15) is 0 Å². The number of hydrogen-bond donors (Lipinski definition) is 1. The molecule has 1 atom stereocenters. The summed E-state index contributed by atoms with van der Waals surface area (Å²) >= 11 is 1.80. The van der Waals surface area contributed by atoms with Gasteiger partial charge in [0, 0.05) is 39.8 Å². The van der Waals surface area contributed by atoms with Crippen molar-refractivity contribution in [3.05, 3.63) is 48.3 Å². The molecule has 1 saturated heterocycles. The molecule has 0 spiro atoms. The van der Waals surface area contributed by atoms with Gasteiger partial charge in [0.1, 0.15) is 0 Å². The van der Waals surface area contributed by atoms with Crippen molar-refractivity contribution in [2.75, 3.05) is 19.8 Å². The van der Waals surface area contributed by atoms with Gasteiger partial charge < -0.3 is 9.88 Å². The summed E-state index contributed by atoms with van der Waals surface area (Å²) in [6.45, 7) is 1.21. The van der Waals surface area contributed by atoms with Crippen molar-refractivity contribution < 1.29 is 0 Å². The molecule has 2 aromatic heterocycles. The van der Waals surface area contributed by atoms with Gasteiger partial charge in [0.15, 0.2) is 0 Å². The van der Waals surface area contributed by atoms with Gasteiger partial charge in [-0.3, -0.25) is 4.98 Å². The fourth-order valence-electron chi connectivity index (χ4n) is 3.80. The molecule has 0 bridgehead atoms. The van der Waals surface area contributed by atoms with Crippen LogP contribution in [-0.4, -0.2) is 40.8 Å². The lowest BCUT2D eigenvalue weighted by Crippen LogP contribution is -2.26. The van der Waals surface area contributed by atoms with Gasteiger partial charge in [0.25, 0.3) is 0 Å². The third-order valence-corrected chi connectivity index (χ3v) is 5.90. The van der Waals surface area contributed by atoms with Crippen LogP contribution in [0.25, 0.3) is 22.2 Å². The van der Waals surface area contributed by atoms with Crippen LogP contribution in [-0.2, 0) is 6.42 Å². The molecule has 0 aliphatic carbocycles. The molecule has 3 nitrogen and oxygen atoms in total. The zero-order chi connectivity index (χ0) is 16.5. The molecular weight excluding hydrogens is 314 g/mol. The molecule has 0 unspecified atom stereocenters. The second-order valence-corrected chi connectivity index (χ2v) is 7.49. The maximum Gasteiger partial charge on any atom is 0.0513 e. The fraction of sp³-hybridized carbons (Fsp3) is 0.350. The van der Waals surface area contributed by atoms with E-state index in [1.54, 1.807) is 11.8 Å². The van der Waals surface area contributed by atoms with E-state index in [0.29, 0.717) is 6.04 Å². The van der Waals surface area contributed by atoms with Gasteiger partial charge in [-0.2, -0.15) is 0 Å². The van der Waals surface area contributed by atoms with Gasteiger partial charge in [-0.05, 0) is 75.0 Å². The summed E-state index contributed by atoms with van der Waals surface area (Å²) in [6, 6.07) is 11.5. The highest BCUT2D eigenvalue weighted by molar-refractivity contribution is 7.98. The predicted octanol–water partition coefficient (Wildman–Crippen LogP) is 4.59. The number of benzene rings is 1. The van der Waals surface area contributed by atoms with Crippen LogP contribution in [0.4, 0.5) is 0 Å². The molecule has 0 amide bonds. The van der Waals surface area contributed by atoms with Crippen LogP contribution in [0, 0.1) is 0 Å². The number of hydrogen-bond acceptors (Lipinski definition) is 3. The van der Waals surface area contributed by atoms with E-state index < -0.39 is 0 Å². The van der Waals surface area contributed by atoms with Crippen LogP contribution >= 0.6 is 11.8 Å². The van der Waals surface area contributed by atoms with Crippen molar-refractivity contribution in [3.8, 4) is 11.3 Å². The first-order chi connectivity index (χ1) is 11.8. The maximum atomic E-state index is 4.32. The largest absolute Gasteiger partial charge is 0.354 e. The van der Waals surface area contributed by atoms with Crippen LogP contribution in [0.3, 0.4) is 0 Å². The topological polar surface area (TPSA) is 31.9 Å². The van der Waals surface area contributed by atoms with Crippen molar-refractivity contribution in [2.24, 2.45) is 0 Å². The SMILES string of the molecule is CSc1ccc2[nH]c(-c3cccnc3)c(C[C@H]3CCCN3C)c2c1. The van der Waals surface area contributed by atoms with Crippen molar-refractivity contribution in [1.29, 1.82) is 0 Å². The molecule has 1 aliphatic rings. The number of thioether (sulfide) groups is 1. The number of fused-ring (bicyclic) bond motifs is 1. The Balaban J connectivity index is 1.85. The molecular formula is C20H23N3S.